The van der Waals surface area contributed by atoms with Crippen LogP contribution in [0.1, 0.15) is 45.1 Å². The number of ketones is 1. The van der Waals surface area contributed by atoms with E-state index in [4.69, 9.17) is 9.47 Å². The van der Waals surface area contributed by atoms with Gasteiger partial charge in [0.2, 0.25) is 5.78 Å². The molecular formula is C20H26N2O4. The molecule has 1 N–H and O–H groups in total. The van der Waals surface area contributed by atoms with Crippen molar-refractivity contribution in [3.63, 3.8) is 0 Å². The van der Waals surface area contributed by atoms with Crippen LogP contribution in [0.4, 0.5) is 5.69 Å². The maximum atomic E-state index is 12.6. The number of nitrogens with zero attached hydrogens (tertiary/aromatic N) is 1. The molecule has 0 saturated carbocycles. The Labute approximate surface area is 154 Å². The number of benzene rings is 1. The highest BCUT2D eigenvalue weighted by atomic mass is 16.5. The third-order valence-electron chi connectivity index (χ3n) is 4.38. The Hall–Kier alpha value is -2.60. The quantitative estimate of drug-likeness (QED) is 0.579. The summed E-state index contributed by atoms with van der Waals surface area (Å²) < 4.78 is 12.5. The average molecular weight is 358 g/mol. The first-order valence-electron chi connectivity index (χ1n) is 8.55. The second-order valence-corrected chi connectivity index (χ2v) is 6.25. The minimum Gasteiger partial charge on any atom is -0.454 e. The van der Waals surface area contributed by atoms with Crippen LogP contribution in [-0.4, -0.2) is 43.7 Å². The van der Waals surface area contributed by atoms with Crippen molar-refractivity contribution in [1.82, 2.24) is 4.57 Å². The summed E-state index contributed by atoms with van der Waals surface area (Å²) in [6.45, 7) is 6.14. The lowest BCUT2D eigenvalue weighted by Crippen LogP contribution is -2.17. The van der Waals surface area contributed by atoms with Crippen molar-refractivity contribution in [2.75, 3.05) is 32.7 Å². The molecule has 26 heavy (non-hydrogen) atoms. The van der Waals surface area contributed by atoms with E-state index in [9.17, 15) is 9.59 Å². The summed E-state index contributed by atoms with van der Waals surface area (Å²) in [7, 11) is 3.38. The monoisotopic (exact) mass is 358 g/mol. The molecule has 0 aliphatic rings. The lowest BCUT2D eigenvalue weighted by molar-refractivity contribution is 0.0475. The molecule has 0 radical (unpaired) electrons. The SMILES string of the molecule is CNc1ccccc1C(=O)OCC(=O)c1cc(C)n([C@@H](C)COC)c1C. The second-order valence-electron chi connectivity index (χ2n) is 6.25. The third-order valence-corrected chi connectivity index (χ3v) is 4.38. The van der Waals surface area contributed by atoms with Gasteiger partial charge in [-0.2, -0.15) is 0 Å². The molecule has 0 saturated heterocycles. The lowest BCUT2D eigenvalue weighted by Gasteiger charge is -2.17. The van der Waals surface area contributed by atoms with Crippen molar-refractivity contribution >= 4 is 17.4 Å². The van der Waals surface area contributed by atoms with Crippen LogP contribution >= 0.6 is 0 Å². The molecule has 0 aliphatic carbocycles. The van der Waals surface area contributed by atoms with E-state index in [1.54, 1.807) is 32.4 Å². The van der Waals surface area contributed by atoms with E-state index >= 15 is 0 Å². The zero-order chi connectivity index (χ0) is 19.3. The van der Waals surface area contributed by atoms with Crippen molar-refractivity contribution in [1.29, 1.82) is 0 Å². The molecule has 1 aromatic heterocycles. The van der Waals surface area contributed by atoms with Crippen molar-refractivity contribution in [3.05, 3.63) is 52.8 Å². The van der Waals surface area contributed by atoms with Crippen LogP contribution < -0.4 is 5.32 Å². The van der Waals surface area contributed by atoms with Crippen LogP contribution in [0.15, 0.2) is 30.3 Å². The third kappa shape index (κ3) is 4.14. The number of anilines is 1. The van der Waals surface area contributed by atoms with Crippen LogP contribution in [0.3, 0.4) is 0 Å². The minimum atomic E-state index is -0.523. The number of carbonyl (C=O) groups is 2. The van der Waals surface area contributed by atoms with Crippen molar-refractivity contribution in [2.45, 2.75) is 26.8 Å². The van der Waals surface area contributed by atoms with Gasteiger partial charge in [0.1, 0.15) is 0 Å². The van der Waals surface area contributed by atoms with E-state index in [-0.39, 0.29) is 18.4 Å². The van der Waals surface area contributed by atoms with Gasteiger partial charge in [-0.05, 0) is 39.0 Å². The maximum absolute atomic E-state index is 12.6. The minimum absolute atomic E-state index is 0.117. The summed E-state index contributed by atoms with van der Waals surface area (Å²) in [5.41, 5.74) is 3.46. The number of hydrogen-bond donors (Lipinski definition) is 1. The first-order valence-corrected chi connectivity index (χ1v) is 8.55. The van der Waals surface area contributed by atoms with Gasteiger partial charge in [0.25, 0.3) is 0 Å². The molecule has 0 unspecified atom stereocenters. The molecule has 6 nitrogen and oxygen atoms in total. The largest absolute Gasteiger partial charge is 0.454 e. The van der Waals surface area contributed by atoms with E-state index in [1.165, 1.54) is 0 Å². The fourth-order valence-corrected chi connectivity index (χ4v) is 3.22. The zero-order valence-electron chi connectivity index (χ0n) is 16.0. The van der Waals surface area contributed by atoms with Gasteiger partial charge in [-0.3, -0.25) is 4.79 Å². The summed E-state index contributed by atoms with van der Waals surface area (Å²) in [4.78, 5) is 24.8. The number of esters is 1. The predicted molar refractivity (Wildman–Crippen MR) is 101 cm³/mol. The zero-order valence-corrected chi connectivity index (χ0v) is 16.0. The summed E-state index contributed by atoms with van der Waals surface area (Å²) >= 11 is 0. The van der Waals surface area contributed by atoms with Crippen LogP contribution in [0.5, 0.6) is 0 Å². The molecular weight excluding hydrogens is 332 g/mol. The number of rotatable bonds is 8. The van der Waals surface area contributed by atoms with Gasteiger partial charge in [-0.25, -0.2) is 4.79 Å². The van der Waals surface area contributed by atoms with Crippen LogP contribution in [-0.2, 0) is 9.47 Å². The molecule has 1 aromatic carbocycles. The number of para-hydroxylation sites is 1. The van der Waals surface area contributed by atoms with E-state index < -0.39 is 5.97 Å². The fourth-order valence-electron chi connectivity index (χ4n) is 3.22. The number of nitrogens with one attached hydrogen (secondary N) is 1. The van der Waals surface area contributed by atoms with Gasteiger partial charge in [0.15, 0.2) is 6.61 Å². The number of hydrogen-bond acceptors (Lipinski definition) is 5. The Morgan fingerprint density at radius 3 is 2.54 bits per heavy atom. The van der Waals surface area contributed by atoms with Crippen molar-refractivity contribution in [2.24, 2.45) is 0 Å². The standard InChI is InChI=1S/C20H26N2O4/c1-13-10-17(15(3)22(13)14(2)11-25-5)19(23)12-26-20(24)16-8-6-7-9-18(16)21-4/h6-10,14,21H,11-12H2,1-5H3/t14-/m0/s1. The van der Waals surface area contributed by atoms with Gasteiger partial charge in [0.05, 0.1) is 18.2 Å². The molecule has 2 rings (SSSR count). The van der Waals surface area contributed by atoms with E-state index in [2.05, 4.69) is 9.88 Å². The molecule has 0 fully saturated rings. The number of aryl methyl sites for hydroxylation is 1. The number of carbonyl (C=O) groups excluding carboxylic acids is 2. The number of Topliss-reactive ketones (excluding diaryl/α,β-unsaturated/α-hetero) is 1. The Balaban J connectivity index is 2.11. The van der Waals surface area contributed by atoms with Gasteiger partial charge in [0, 0.05) is 36.8 Å². The van der Waals surface area contributed by atoms with Crippen LogP contribution in [0.25, 0.3) is 0 Å². The number of ether oxygens (including phenoxy) is 2. The lowest BCUT2D eigenvalue weighted by atomic mass is 10.1. The smallest absolute Gasteiger partial charge is 0.340 e. The molecule has 2 aromatic rings. The van der Waals surface area contributed by atoms with Crippen LogP contribution in [0, 0.1) is 13.8 Å². The first kappa shape index (κ1) is 19.7. The molecule has 0 spiro atoms. The molecule has 1 heterocycles. The Morgan fingerprint density at radius 1 is 1.19 bits per heavy atom. The normalized spacial score (nSPS) is 11.9. The molecule has 0 aliphatic heterocycles. The van der Waals surface area contributed by atoms with Gasteiger partial charge in [-0.15, -0.1) is 0 Å². The molecule has 0 bridgehead atoms. The topological polar surface area (TPSA) is 69.6 Å². The summed E-state index contributed by atoms with van der Waals surface area (Å²) in [6.07, 6.45) is 0. The maximum Gasteiger partial charge on any atom is 0.340 e. The predicted octanol–water partition coefficient (Wildman–Crippen LogP) is 3.39. The highest BCUT2D eigenvalue weighted by molar-refractivity contribution is 6.01. The molecule has 1 atom stereocenters. The summed E-state index contributed by atoms with van der Waals surface area (Å²) in [6, 6.07) is 8.97. The van der Waals surface area contributed by atoms with Crippen molar-refractivity contribution < 1.29 is 19.1 Å². The molecule has 0 amide bonds. The Bertz CT molecular complexity index is 795. The molecule has 6 heteroatoms. The van der Waals surface area contributed by atoms with Crippen LogP contribution in [0.2, 0.25) is 0 Å². The van der Waals surface area contributed by atoms with E-state index in [1.807, 2.05) is 32.9 Å². The van der Waals surface area contributed by atoms with Gasteiger partial charge < -0.3 is 19.4 Å². The Kier molecular flexibility index (Phi) is 6.58. The summed E-state index contributed by atoms with van der Waals surface area (Å²) in [5.74, 6) is -0.742. The number of methoxy groups -OCH3 is 1. The van der Waals surface area contributed by atoms with Gasteiger partial charge >= 0.3 is 5.97 Å². The van der Waals surface area contributed by atoms with Gasteiger partial charge in [-0.1, -0.05) is 12.1 Å². The highest BCUT2D eigenvalue weighted by Gasteiger charge is 2.20. The average Bonchev–Trinajstić information content (AvgIpc) is 2.93. The first-order chi connectivity index (χ1) is 12.4. The van der Waals surface area contributed by atoms with Crippen molar-refractivity contribution in [3.8, 4) is 0 Å². The Morgan fingerprint density at radius 2 is 1.88 bits per heavy atom. The second kappa shape index (κ2) is 8.67. The fraction of sp³-hybridized carbons (Fsp3) is 0.400. The van der Waals surface area contributed by atoms with E-state index in [0.717, 1.165) is 11.4 Å². The summed E-state index contributed by atoms with van der Waals surface area (Å²) in [5, 5.41) is 2.94. The van der Waals surface area contributed by atoms with E-state index in [0.29, 0.717) is 23.4 Å². The number of aromatic nitrogens is 1. The highest BCUT2D eigenvalue weighted by Crippen LogP contribution is 2.22. The molecule has 140 valence electrons.